The molecule has 1 amide bonds. The van der Waals surface area contributed by atoms with E-state index in [1.807, 2.05) is 31.2 Å². The summed E-state index contributed by atoms with van der Waals surface area (Å²) in [5, 5.41) is 6.81. The Balaban J connectivity index is 1.50. The topological polar surface area (TPSA) is 101 Å². The molecule has 2 heterocycles. The van der Waals surface area contributed by atoms with Crippen LogP contribution in [-0.2, 0) is 10.0 Å². The van der Waals surface area contributed by atoms with Crippen molar-refractivity contribution >= 4 is 21.6 Å². The zero-order valence-electron chi connectivity index (χ0n) is 18.6. The van der Waals surface area contributed by atoms with Gasteiger partial charge < -0.3 is 5.32 Å². The molecule has 8 nitrogen and oxygen atoms in total. The lowest BCUT2D eigenvalue weighted by atomic mass is 10.0. The Labute approximate surface area is 192 Å². The van der Waals surface area contributed by atoms with Crippen molar-refractivity contribution in [2.75, 3.05) is 18.4 Å². The fourth-order valence-electron chi connectivity index (χ4n) is 3.68. The maximum Gasteiger partial charge on any atom is 0.280 e. The number of anilines is 1. The molecule has 0 saturated carbocycles. The maximum atomic E-state index is 12.9. The summed E-state index contributed by atoms with van der Waals surface area (Å²) in [6.07, 6.45) is 3.19. The molecule has 0 atom stereocenters. The Morgan fingerprint density at radius 3 is 2.27 bits per heavy atom. The number of piperidine rings is 1. The van der Waals surface area contributed by atoms with Gasteiger partial charge in [0, 0.05) is 31.0 Å². The Morgan fingerprint density at radius 1 is 1.00 bits per heavy atom. The average Bonchev–Trinajstić information content (AvgIpc) is 2.80. The third kappa shape index (κ3) is 5.04. The molecule has 3 aromatic rings. The van der Waals surface area contributed by atoms with Crippen LogP contribution in [0.4, 0.5) is 5.69 Å². The fraction of sp³-hybridized carbons (Fsp3) is 0.292. The molecule has 0 spiro atoms. The molecule has 1 saturated heterocycles. The first kappa shape index (κ1) is 22.9. The summed E-state index contributed by atoms with van der Waals surface area (Å²) in [5.41, 5.74) is 1.42. The zero-order valence-corrected chi connectivity index (χ0v) is 19.4. The quantitative estimate of drug-likeness (QED) is 0.622. The zero-order chi connectivity index (χ0) is 23.6. The minimum Gasteiger partial charge on any atom is -0.320 e. The monoisotopic (exact) mass is 466 g/mol. The summed E-state index contributed by atoms with van der Waals surface area (Å²) in [5.74, 6) is -0.140. The Hall–Kier alpha value is -3.30. The highest BCUT2D eigenvalue weighted by Gasteiger charge is 2.28. The third-order valence-corrected chi connectivity index (χ3v) is 7.73. The molecule has 1 aliphatic rings. The second kappa shape index (κ2) is 9.29. The molecule has 33 heavy (non-hydrogen) atoms. The lowest BCUT2D eigenvalue weighted by Gasteiger charge is -2.29. The number of aryl methyl sites for hydroxylation is 1. The van der Waals surface area contributed by atoms with Crippen LogP contribution in [0.5, 0.6) is 0 Å². The highest BCUT2D eigenvalue weighted by Crippen LogP contribution is 2.24. The van der Waals surface area contributed by atoms with E-state index >= 15 is 0 Å². The molecule has 9 heteroatoms. The predicted molar refractivity (Wildman–Crippen MR) is 126 cm³/mol. The molecular weight excluding hydrogens is 440 g/mol. The van der Waals surface area contributed by atoms with E-state index < -0.39 is 21.4 Å². The van der Waals surface area contributed by atoms with Gasteiger partial charge in [-0.15, -0.1) is 0 Å². The van der Waals surface area contributed by atoms with Gasteiger partial charge in [0.2, 0.25) is 15.5 Å². The first-order valence-corrected chi connectivity index (χ1v) is 12.3. The fourth-order valence-corrected chi connectivity index (χ4v) is 5.15. The van der Waals surface area contributed by atoms with Crippen LogP contribution >= 0.6 is 0 Å². The van der Waals surface area contributed by atoms with Crippen LogP contribution in [0.3, 0.4) is 0 Å². The molecule has 1 aromatic heterocycles. The van der Waals surface area contributed by atoms with Crippen molar-refractivity contribution in [2.24, 2.45) is 5.92 Å². The predicted octanol–water partition coefficient (Wildman–Crippen LogP) is 3.21. The van der Waals surface area contributed by atoms with Crippen molar-refractivity contribution in [3.63, 3.8) is 0 Å². The minimum atomic E-state index is -3.57. The Morgan fingerprint density at radius 2 is 1.64 bits per heavy atom. The van der Waals surface area contributed by atoms with Crippen LogP contribution < -0.4 is 10.7 Å². The summed E-state index contributed by atoms with van der Waals surface area (Å²) >= 11 is 0. The van der Waals surface area contributed by atoms with Gasteiger partial charge in [-0.3, -0.25) is 9.59 Å². The van der Waals surface area contributed by atoms with Crippen molar-refractivity contribution in [1.82, 2.24) is 14.1 Å². The SMILES string of the molecule is Cc1ccc(-n2ccc(=O)c(C(=O)Nc3ccc(S(=O)(=O)N4CCC(C)CC4)cc3)n2)cc1. The maximum absolute atomic E-state index is 12.9. The van der Waals surface area contributed by atoms with Gasteiger partial charge in [-0.05, 0) is 62.1 Å². The molecule has 172 valence electrons. The molecule has 0 unspecified atom stereocenters. The van der Waals surface area contributed by atoms with Crippen LogP contribution in [0.25, 0.3) is 5.69 Å². The lowest BCUT2D eigenvalue weighted by molar-refractivity contribution is 0.101. The lowest BCUT2D eigenvalue weighted by Crippen LogP contribution is -2.37. The van der Waals surface area contributed by atoms with Crippen LogP contribution in [0.2, 0.25) is 0 Å². The van der Waals surface area contributed by atoms with E-state index in [4.69, 9.17) is 0 Å². The van der Waals surface area contributed by atoms with Gasteiger partial charge >= 0.3 is 0 Å². The van der Waals surface area contributed by atoms with E-state index in [0.717, 1.165) is 24.1 Å². The number of hydrogen-bond donors (Lipinski definition) is 1. The largest absolute Gasteiger partial charge is 0.320 e. The van der Waals surface area contributed by atoms with Crippen molar-refractivity contribution in [2.45, 2.75) is 31.6 Å². The van der Waals surface area contributed by atoms with Gasteiger partial charge in [0.05, 0.1) is 10.6 Å². The molecule has 0 aliphatic carbocycles. The number of nitrogens with zero attached hydrogens (tertiary/aromatic N) is 3. The average molecular weight is 467 g/mol. The van der Waals surface area contributed by atoms with Crippen LogP contribution in [0, 0.1) is 12.8 Å². The second-order valence-corrected chi connectivity index (χ2v) is 10.3. The number of aromatic nitrogens is 2. The second-order valence-electron chi connectivity index (χ2n) is 8.37. The van der Waals surface area contributed by atoms with E-state index in [-0.39, 0.29) is 10.6 Å². The Kier molecular flexibility index (Phi) is 6.44. The van der Waals surface area contributed by atoms with Crippen LogP contribution in [-0.4, -0.2) is 41.5 Å². The molecule has 1 fully saturated rings. The summed E-state index contributed by atoms with van der Waals surface area (Å²) in [7, 11) is -3.57. The smallest absolute Gasteiger partial charge is 0.280 e. The number of carbonyl (C=O) groups is 1. The summed E-state index contributed by atoms with van der Waals surface area (Å²) < 4.78 is 28.7. The number of hydrogen-bond acceptors (Lipinski definition) is 5. The number of benzene rings is 2. The van der Waals surface area contributed by atoms with Gasteiger partial charge in [-0.1, -0.05) is 24.6 Å². The van der Waals surface area contributed by atoms with Crippen LogP contribution in [0.15, 0.2) is 70.5 Å². The molecule has 1 aliphatic heterocycles. The van der Waals surface area contributed by atoms with Crippen molar-refractivity contribution in [1.29, 1.82) is 0 Å². The van der Waals surface area contributed by atoms with E-state index in [1.54, 1.807) is 0 Å². The van der Waals surface area contributed by atoms with Gasteiger partial charge in [0.1, 0.15) is 0 Å². The van der Waals surface area contributed by atoms with Crippen molar-refractivity contribution in [3.05, 3.63) is 82.3 Å². The number of amides is 1. The summed E-state index contributed by atoms with van der Waals surface area (Å²) in [4.78, 5) is 25.1. The van der Waals surface area contributed by atoms with Crippen molar-refractivity contribution < 1.29 is 13.2 Å². The highest BCUT2D eigenvalue weighted by atomic mass is 32.2. The number of rotatable bonds is 5. The first-order chi connectivity index (χ1) is 15.7. The van der Waals surface area contributed by atoms with E-state index in [1.165, 1.54) is 45.5 Å². The minimum absolute atomic E-state index is 0.176. The summed E-state index contributed by atoms with van der Waals surface area (Å²) in [6, 6.07) is 14.8. The third-order valence-electron chi connectivity index (χ3n) is 5.81. The van der Waals surface area contributed by atoms with E-state index in [9.17, 15) is 18.0 Å². The molecule has 4 rings (SSSR count). The van der Waals surface area contributed by atoms with Gasteiger partial charge in [-0.2, -0.15) is 9.40 Å². The number of carbonyl (C=O) groups excluding carboxylic acids is 1. The van der Waals surface area contributed by atoms with Crippen LogP contribution in [0.1, 0.15) is 35.8 Å². The highest BCUT2D eigenvalue weighted by molar-refractivity contribution is 7.89. The van der Waals surface area contributed by atoms with Gasteiger partial charge in [0.15, 0.2) is 5.69 Å². The van der Waals surface area contributed by atoms with Gasteiger partial charge in [-0.25, -0.2) is 13.1 Å². The molecular formula is C24H26N4O4S. The van der Waals surface area contributed by atoms with E-state index in [2.05, 4.69) is 17.3 Å². The molecule has 1 N–H and O–H groups in total. The normalized spacial score (nSPS) is 15.3. The molecule has 0 radical (unpaired) electrons. The molecule has 0 bridgehead atoms. The first-order valence-electron chi connectivity index (χ1n) is 10.8. The van der Waals surface area contributed by atoms with Crippen molar-refractivity contribution in [3.8, 4) is 5.69 Å². The Bertz CT molecular complexity index is 1310. The number of sulfonamides is 1. The molecule has 2 aromatic carbocycles. The summed E-state index contributed by atoms with van der Waals surface area (Å²) in [6.45, 7) is 5.10. The van der Waals surface area contributed by atoms with E-state index in [0.29, 0.717) is 24.7 Å². The number of nitrogens with one attached hydrogen (secondary N) is 1. The standard InChI is InChI=1S/C24H26N4O4S/c1-17-3-7-20(8-4-17)28-16-13-22(29)23(26-28)24(30)25-19-5-9-21(10-6-19)33(31,32)27-14-11-18(2)12-15-27/h3-10,13,16,18H,11-12,14-15H2,1-2H3,(H,25,30). The van der Waals surface area contributed by atoms with Gasteiger partial charge in [0.25, 0.3) is 5.91 Å².